The van der Waals surface area contributed by atoms with Crippen molar-refractivity contribution in [2.24, 2.45) is 11.1 Å². The standard InChI is InChI=1S/C18H21N3O4S/c1-11-5-6-14(26(19,24)25)10-15(11)18(23)21-17(12-8-13(22)9-12)16-4-2-3-7-20-16/h2-7,10,12-13,17,22H,8-9H2,1H3,(H,21,23)(H2,19,24,25)/t12?,13?,17-/m0/s1. The third kappa shape index (κ3) is 3.92. The molecular formula is C18H21N3O4S. The topological polar surface area (TPSA) is 122 Å². The Hall–Kier alpha value is -2.29. The number of aromatic nitrogens is 1. The number of pyridine rings is 1. The first-order chi connectivity index (χ1) is 12.3. The molecular weight excluding hydrogens is 354 g/mol. The Kier molecular flexibility index (Phi) is 5.08. The van der Waals surface area contributed by atoms with Crippen LogP contribution in [-0.2, 0) is 10.0 Å². The largest absolute Gasteiger partial charge is 0.393 e. The van der Waals surface area contributed by atoms with E-state index < -0.39 is 15.9 Å². The van der Waals surface area contributed by atoms with Gasteiger partial charge in [0.15, 0.2) is 0 Å². The molecule has 0 spiro atoms. The van der Waals surface area contributed by atoms with Gasteiger partial charge in [-0.1, -0.05) is 12.1 Å². The summed E-state index contributed by atoms with van der Waals surface area (Å²) in [6.45, 7) is 1.73. The molecule has 0 unspecified atom stereocenters. The van der Waals surface area contributed by atoms with Gasteiger partial charge in [0.25, 0.3) is 5.91 Å². The third-order valence-electron chi connectivity index (χ3n) is 4.70. The van der Waals surface area contributed by atoms with E-state index in [1.54, 1.807) is 25.3 Å². The Bertz CT molecular complexity index is 909. The number of hydrogen-bond donors (Lipinski definition) is 3. The normalized spacial score (nSPS) is 20.9. The molecule has 0 saturated heterocycles. The van der Waals surface area contributed by atoms with Crippen molar-refractivity contribution in [3.8, 4) is 0 Å². The number of carbonyl (C=O) groups is 1. The Morgan fingerprint density at radius 2 is 2.04 bits per heavy atom. The fourth-order valence-electron chi connectivity index (χ4n) is 3.14. The van der Waals surface area contributed by atoms with Crippen LogP contribution in [0.1, 0.15) is 40.5 Å². The van der Waals surface area contributed by atoms with Gasteiger partial charge in [-0.3, -0.25) is 9.78 Å². The highest BCUT2D eigenvalue weighted by Crippen LogP contribution is 2.37. The Morgan fingerprint density at radius 3 is 2.62 bits per heavy atom. The second-order valence-corrected chi connectivity index (χ2v) is 8.17. The van der Waals surface area contributed by atoms with Crippen LogP contribution in [0.25, 0.3) is 0 Å². The van der Waals surface area contributed by atoms with Crippen molar-refractivity contribution in [2.45, 2.75) is 36.8 Å². The summed E-state index contributed by atoms with van der Waals surface area (Å²) in [5.74, 6) is -0.323. The molecule has 2 aromatic rings. The maximum absolute atomic E-state index is 12.8. The van der Waals surface area contributed by atoms with Gasteiger partial charge in [-0.05, 0) is 55.5 Å². The molecule has 1 fully saturated rings. The number of aliphatic hydroxyl groups excluding tert-OH is 1. The van der Waals surface area contributed by atoms with Gasteiger partial charge >= 0.3 is 0 Å². The van der Waals surface area contributed by atoms with Gasteiger partial charge in [0.05, 0.1) is 22.7 Å². The fraction of sp³-hybridized carbons (Fsp3) is 0.333. The Balaban J connectivity index is 1.89. The highest BCUT2D eigenvalue weighted by molar-refractivity contribution is 7.89. The quantitative estimate of drug-likeness (QED) is 0.726. The van der Waals surface area contributed by atoms with E-state index in [1.807, 2.05) is 12.1 Å². The van der Waals surface area contributed by atoms with Crippen molar-refractivity contribution in [3.63, 3.8) is 0 Å². The predicted molar refractivity (Wildman–Crippen MR) is 95.7 cm³/mol. The van der Waals surface area contributed by atoms with Crippen molar-refractivity contribution in [3.05, 3.63) is 59.4 Å². The summed E-state index contributed by atoms with van der Waals surface area (Å²) >= 11 is 0. The summed E-state index contributed by atoms with van der Waals surface area (Å²) < 4.78 is 23.1. The molecule has 0 bridgehead atoms. The predicted octanol–water partition coefficient (Wildman–Crippen LogP) is 1.28. The van der Waals surface area contributed by atoms with Gasteiger partial charge in [-0.2, -0.15) is 0 Å². The number of sulfonamides is 1. The second-order valence-electron chi connectivity index (χ2n) is 6.61. The number of benzene rings is 1. The minimum Gasteiger partial charge on any atom is -0.393 e. The SMILES string of the molecule is Cc1ccc(S(N)(=O)=O)cc1C(=O)N[C@H](c1ccccn1)C1CC(O)C1. The van der Waals surface area contributed by atoms with Crippen LogP contribution < -0.4 is 10.5 Å². The molecule has 0 aliphatic heterocycles. The van der Waals surface area contributed by atoms with Crippen LogP contribution in [0.5, 0.6) is 0 Å². The first-order valence-corrected chi connectivity index (χ1v) is 9.83. The number of hydrogen-bond acceptors (Lipinski definition) is 5. The number of carbonyl (C=O) groups excluding carboxylic acids is 1. The highest BCUT2D eigenvalue weighted by Gasteiger charge is 2.36. The zero-order chi connectivity index (χ0) is 18.9. The highest BCUT2D eigenvalue weighted by atomic mass is 32.2. The van der Waals surface area contributed by atoms with Crippen LogP contribution in [0, 0.1) is 12.8 Å². The number of nitrogens with zero attached hydrogens (tertiary/aromatic N) is 1. The first-order valence-electron chi connectivity index (χ1n) is 8.29. The maximum Gasteiger partial charge on any atom is 0.252 e. The van der Waals surface area contributed by atoms with E-state index in [2.05, 4.69) is 10.3 Å². The van der Waals surface area contributed by atoms with Crippen LogP contribution in [0.15, 0.2) is 47.5 Å². The van der Waals surface area contributed by atoms with Crippen LogP contribution in [0.4, 0.5) is 0 Å². The molecule has 8 heteroatoms. The number of aliphatic hydroxyl groups is 1. The lowest BCUT2D eigenvalue weighted by Crippen LogP contribution is -2.42. The van der Waals surface area contributed by atoms with E-state index >= 15 is 0 Å². The molecule has 1 atom stereocenters. The van der Waals surface area contributed by atoms with Crippen molar-refractivity contribution < 1.29 is 18.3 Å². The summed E-state index contributed by atoms with van der Waals surface area (Å²) in [5.41, 5.74) is 1.60. The molecule has 1 aliphatic carbocycles. The summed E-state index contributed by atoms with van der Waals surface area (Å²) in [6, 6.07) is 9.30. The summed E-state index contributed by atoms with van der Waals surface area (Å²) in [6.07, 6.45) is 2.45. The van der Waals surface area contributed by atoms with Crippen LogP contribution >= 0.6 is 0 Å². The summed E-state index contributed by atoms with van der Waals surface area (Å²) in [7, 11) is -3.90. The fourth-order valence-corrected chi connectivity index (χ4v) is 3.68. The molecule has 1 aromatic carbocycles. The molecule has 138 valence electrons. The lowest BCUT2D eigenvalue weighted by atomic mass is 9.76. The van der Waals surface area contributed by atoms with Crippen LogP contribution in [0.3, 0.4) is 0 Å². The molecule has 4 N–H and O–H groups in total. The van der Waals surface area contributed by atoms with Crippen molar-refractivity contribution in [2.75, 3.05) is 0 Å². The molecule has 3 rings (SSSR count). The molecule has 1 saturated carbocycles. The molecule has 1 aliphatic rings. The second kappa shape index (κ2) is 7.14. The minimum atomic E-state index is -3.90. The van der Waals surface area contributed by atoms with E-state index in [0.29, 0.717) is 24.1 Å². The number of nitrogens with one attached hydrogen (secondary N) is 1. The van der Waals surface area contributed by atoms with Crippen molar-refractivity contribution >= 4 is 15.9 Å². The van der Waals surface area contributed by atoms with Gasteiger partial charge < -0.3 is 10.4 Å². The zero-order valence-electron chi connectivity index (χ0n) is 14.3. The maximum atomic E-state index is 12.8. The monoisotopic (exact) mass is 375 g/mol. The van der Waals surface area contributed by atoms with Gasteiger partial charge in [0.1, 0.15) is 0 Å². The van der Waals surface area contributed by atoms with E-state index in [1.165, 1.54) is 12.1 Å². The Morgan fingerprint density at radius 1 is 1.31 bits per heavy atom. The number of amides is 1. The smallest absolute Gasteiger partial charge is 0.252 e. The number of nitrogens with two attached hydrogens (primary N) is 1. The van der Waals surface area contributed by atoms with Gasteiger partial charge in [0, 0.05) is 11.8 Å². The van der Waals surface area contributed by atoms with Crippen LogP contribution in [0.2, 0.25) is 0 Å². The number of rotatable bonds is 5. The molecule has 26 heavy (non-hydrogen) atoms. The first kappa shape index (κ1) is 18.5. The Labute approximate surface area is 152 Å². The van der Waals surface area contributed by atoms with Crippen molar-refractivity contribution in [1.29, 1.82) is 0 Å². The third-order valence-corrected chi connectivity index (χ3v) is 5.61. The molecule has 1 aromatic heterocycles. The molecule has 7 nitrogen and oxygen atoms in total. The van der Waals surface area contributed by atoms with E-state index in [0.717, 1.165) is 0 Å². The van der Waals surface area contributed by atoms with E-state index in [9.17, 15) is 18.3 Å². The lowest BCUT2D eigenvalue weighted by Gasteiger charge is -2.37. The molecule has 1 heterocycles. The van der Waals surface area contributed by atoms with Gasteiger partial charge in [-0.15, -0.1) is 0 Å². The van der Waals surface area contributed by atoms with Crippen molar-refractivity contribution in [1.82, 2.24) is 10.3 Å². The number of aryl methyl sites for hydroxylation is 1. The molecule has 0 radical (unpaired) electrons. The van der Waals surface area contributed by atoms with Crippen LogP contribution in [-0.4, -0.2) is 30.5 Å². The minimum absolute atomic E-state index is 0.0746. The average molecular weight is 375 g/mol. The number of primary sulfonamides is 1. The van der Waals surface area contributed by atoms with Gasteiger partial charge in [-0.25, -0.2) is 13.6 Å². The molecule has 1 amide bonds. The van der Waals surface area contributed by atoms with E-state index in [4.69, 9.17) is 5.14 Å². The summed E-state index contributed by atoms with van der Waals surface area (Å²) in [4.78, 5) is 17.0. The summed E-state index contributed by atoms with van der Waals surface area (Å²) in [5, 5.41) is 17.7. The average Bonchev–Trinajstić information content (AvgIpc) is 2.57. The lowest BCUT2D eigenvalue weighted by molar-refractivity contribution is 0.0228. The zero-order valence-corrected chi connectivity index (χ0v) is 15.1. The van der Waals surface area contributed by atoms with Gasteiger partial charge in [0.2, 0.25) is 10.0 Å². The van der Waals surface area contributed by atoms with E-state index in [-0.39, 0.29) is 28.5 Å².